The number of anilines is 6. The van der Waals surface area contributed by atoms with E-state index >= 15 is 0 Å². The van der Waals surface area contributed by atoms with Gasteiger partial charge in [0.25, 0.3) is 30.1 Å². The molecule has 0 aliphatic rings. The first kappa shape index (κ1) is 76.6. The predicted octanol–water partition coefficient (Wildman–Crippen LogP) is 12.0. The lowest BCUT2D eigenvalue weighted by Gasteiger charge is -2.19. The van der Waals surface area contributed by atoms with Crippen molar-refractivity contribution >= 4 is 117 Å². The van der Waals surface area contributed by atoms with Crippen molar-refractivity contribution < 1.29 is 44.6 Å². The normalized spacial score (nSPS) is 12.1. The van der Waals surface area contributed by atoms with E-state index in [2.05, 4.69) is 107 Å². The number of nitrogens with two attached hydrogens (primary N) is 4. The second-order valence-electron chi connectivity index (χ2n) is 24.0. The average molecular weight is 1440 g/mol. The van der Waals surface area contributed by atoms with Crippen LogP contribution in [0, 0.1) is 0 Å². The van der Waals surface area contributed by atoms with Crippen LogP contribution in [0.3, 0.4) is 0 Å². The van der Waals surface area contributed by atoms with Crippen LogP contribution >= 0.6 is 34.8 Å². The maximum absolute atomic E-state index is 13.1. The van der Waals surface area contributed by atoms with Crippen molar-refractivity contribution in [1.82, 2.24) is 29.9 Å². The van der Waals surface area contributed by atoms with E-state index in [1.807, 2.05) is 20.8 Å². The highest BCUT2D eigenvalue weighted by atomic mass is 35.5. The van der Waals surface area contributed by atoms with Crippen molar-refractivity contribution in [2.24, 2.45) is 16.2 Å². The zero-order valence-electron chi connectivity index (χ0n) is 54.9. The third kappa shape index (κ3) is 21.3. The fourth-order valence-corrected chi connectivity index (χ4v) is 12.2. The van der Waals surface area contributed by atoms with Crippen molar-refractivity contribution in [2.75, 3.05) is 52.7 Å². The Morgan fingerprint density at radius 3 is 0.907 bits per heavy atom. The summed E-state index contributed by atoms with van der Waals surface area (Å²) in [5, 5.41) is 8.73. The van der Waals surface area contributed by atoms with Gasteiger partial charge in [-0.15, -0.1) is 0 Å². The lowest BCUT2D eigenvalue weighted by Crippen LogP contribution is -2.18. The first-order valence-electron chi connectivity index (χ1n) is 28.9. The van der Waals surface area contributed by atoms with E-state index in [0.29, 0.717) is 22.8 Å². The summed E-state index contributed by atoms with van der Waals surface area (Å²) in [5.41, 5.74) is 22.0. The molecule has 0 atom stereocenters. The molecule has 3 aromatic carbocycles. The largest absolute Gasteiger partial charge is 0.399 e. The van der Waals surface area contributed by atoms with Gasteiger partial charge < -0.3 is 31.7 Å². The molecular formula is C66H74Cl3N15O10S3. The highest BCUT2D eigenvalue weighted by Crippen LogP contribution is 2.32. The number of rotatable bonds is 17. The van der Waals surface area contributed by atoms with Crippen molar-refractivity contribution in [3.63, 3.8) is 0 Å². The molecule has 9 rings (SSSR count). The van der Waals surface area contributed by atoms with Gasteiger partial charge >= 0.3 is 0 Å². The molecule has 0 saturated carbocycles. The van der Waals surface area contributed by atoms with Gasteiger partial charge in [-0.05, 0) is 124 Å². The lowest BCUT2D eigenvalue weighted by molar-refractivity contribution is 0.103. The SMILES string of the molecule is CC(C)(C)c1ccc(S(=O)(=O)Nc2cc(Cl)cnc2C(=O)c2ccc(N)nc2)cc1.CO/N=C(/c1ccc(N)nc1)c1ncc(Cl)cc1NS(=O)(=O)c1ccc(C(C)(C)C)cc1.CO/N=C(\c1ccc(N)nc1)c1ncc(Cl)cc1NS(=O)(=O)c1ccc(C(C)(C)C)cc1.CON. The molecule has 25 nitrogen and oxygen atoms in total. The molecule has 6 aromatic heterocycles. The Balaban J connectivity index is 0.000000225. The van der Waals surface area contributed by atoms with Crippen LogP contribution in [0.15, 0.2) is 190 Å². The van der Waals surface area contributed by atoms with Crippen LogP contribution in [-0.4, -0.2) is 93.7 Å². The molecular weight excluding hydrogens is 1370 g/mol. The molecule has 9 aromatic rings. The van der Waals surface area contributed by atoms with Crippen LogP contribution in [0.25, 0.3) is 0 Å². The Hall–Kier alpha value is -9.39. The summed E-state index contributed by atoms with van der Waals surface area (Å²) in [6.45, 7) is 18.5. The number of carbonyl (C=O) groups is 1. The summed E-state index contributed by atoms with van der Waals surface area (Å²) in [5.74, 6) is 4.75. The molecule has 0 fully saturated rings. The maximum atomic E-state index is 13.1. The zero-order chi connectivity index (χ0) is 71.8. The second-order valence-corrected chi connectivity index (χ2v) is 30.4. The summed E-state index contributed by atoms with van der Waals surface area (Å²) < 4.78 is 85.8. The van der Waals surface area contributed by atoms with Gasteiger partial charge in [-0.2, -0.15) is 0 Å². The Morgan fingerprint density at radius 1 is 0.402 bits per heavy atom. The predicted molar refractivity (Wildman–Crippen MR) is 381 cm³/mol. The summed E-state index contributed by atoms with van der Waals surface area (Å²) in [6, 6.07) is 33.8. The molecule has 0 spiro atoms. The standard InChI is InChI=1S/2C22H24ClN5O3S.C21H21ClN4O3S.CH5NO/c2*1-22(2,3)15-6-8-17(9-7-15)32(29,30)28-18-11-16(23)13-26-21(18)20(27-31-4)14-5-10-19(24)25-12-14;1-21(2,3)14-5-7-16(8-6-14)30(28,29)26-17-10-15(22)12-25-19(17)20(27)13-4-9-18(23)24-11-13;1-3-2/h2*5-13,28H,1-4H3,(H2,24,25);4-12,26H,1-3H3,(H2,23,24);2H2,1H3/b27-20+;27-20-;;. The molecule has 0 aliphatic heterocycles. The van der Waals surface area contributed by atoms with Crippen molar-refractivity contribution in [3.05, 3.63) is 230 Å². The fourth-order valence-electron chi connectivity index (χ4n) is 8.54. The summed E-state index contributed by atoms with van der Waals surface area (Å²) in [6.07, 6.45) is 8.35. The molecule has 0 aliphatic carbocycles. The third-order valence-electron chi connectivity index (χ3n) is 13.6. The number of ketones is 1. The highest BCUT2D eigenvalue weighted by Gasteiger charge is 2.27. The smallest absolute Gasteiger partial charge is 0.261 e. The Labute approximate surface area is 579 Å². The van der Waals surface area contributed by atoms with Crippen molar-refractivity contribution in [1.29, 1.82) is 0 Å². The van der Waals surface area contributed by atoms with Gasteiger partial charge in [0.2, 0.25) is 5.78 Å². The molecule has 0 radical (unpaired) electrons. The van der Waals surface area contributed by atoms with E-state index in [1.165, 1.54) is 101 Å². The van der Waals surface area contributed by atoms with E-state index in [4.69, 9.17) is 61.7 Å². The minimum atomic E-state index is -3.97. The number of halogens is 3. The van der Waals surface area contributed by atoms with Crippen molar-refractivity contribution in [2.45, 2.75) is 93.2 Å². The summed E-state index contributed by atoms with van der Waals surface area (Å²) in [7, 11) is -7.68. The van der Waals surface area contributed by atoms with Gasteiger partial charge in [-0.1, -0.05) is 144 Å². The number of oxime groups is 2. The van der Waals surface area contributed by atoms with Crippen LogP contribution in [-0.2, 0) is 60.8 Å². The molecule has 97 heavy (non-hydrogen) atoms. The third-order valence-corrected chi connectivity index (χ3v) is 18.3. The number of nitrogens with zero attached hydrogens (tertiary/aromatic N) is 8. The van der Waals surface area contributed by atoms with Gasteiger partial charge in [0.15, 0.2) is 0 Å². The first-order valence-corrected chi connectivity index (χ1v) is 34.5. The molecule has 31 heteroatoms. The number of hydrogen-bond donors (Lipinski definition) is 7. The van der Waals surface area contributed by atoms with Gasteiger partial charge in [0.05, 0.1) is 53.9 Å². The first-order chi connectivity index (χ1) is 45.4. The lowest BCUT2D eigenvalue weighted by atomic mass is 9.87. The molecule has 6 heterocycles. The van der Waals surface area contributed by atoms with E-state index < -0.39 is 35.9 Å². The quantitative estimate of drug-likeness (QED) is 0.0253. The summed E-state index contributed by atoms with van der Waals surface area (Å²) >= 11 is 18.2. The Kier molecular flexibility index (Phi) is 25.7. The van der Waals surface area contributed by atoms with Crippen LogP contribution in [0.1, 0.15) is 118 Å². The van der Waals surface area contributed by atoms with Gasteiger partial charge in [0, 0.05) is 53.9 Å². The van der Waals surface area contributed by atoms with Crippen molar-refractivity contribution in [3.8, 4) is 0 Å². The number of sulfonamides is 3. The van der Waals surface area contributed by atoms with E-state index in [-0.39, 0.29) is 103 Å². The maximum Gasteiger partial charge on any atom is 0.261 e. The second kappa shape index (κ2) is 32.6. The molecule has 0 unspecified atom stereocenters. The zero-order valence-corrected chi connectivity index (χ0v) is 59.6. The Morgan fingerprint density at radius 2 is 0.660 bits per heavy atom. The van der Waals surface area contributed by atoms with E-state index in [1.54, 1.807) is 84.9 Å². The number of nitrogen functional groups attached to an aromatic ring is 3. The number of aromatic nitrogens is 6. The van der Waals surface area contributed by atoms with Gasteiger partial charge in [-0.3, -0.25) is 28.9 Å². The minimum absolute atomic E-state index is 0.0239. The highest BCUT2D eigenvalue weighted by molar-refractivity contribution is 7.93. The van der Waals surface area contributed by atoms with E-state index in [9.17, 15) is 30.0 Å². The molecule has 0 amide bonds. The van der Waals surface area contributed by atoms with E-state index in [0.717, 1.165) is 16.7 Å². The van der Waals surface area contributed by atoms with Crippen LogP contribution in [0.4, 0.5) is 34.5 Å². The monoisotopic (exact) mass is 1440 g/mol. The number of benzene rings is 3. The minimum Gasteiger partial charge on any atom is -0.399 e. The molecule has 0 saturated heterocycles. The Bertz CT molecular complexity index is 4420. The van der Waals surface area contributed by atoms with Crippen LogP contribution in [0.2, 0.25) is 15.1 Å². The number of hydrogen-bond acceptors (Lipinski definition) is 22. The van der Waals surface area contributed by atoms with Crippen LogP contribution in [0.5, 0.6) is 0 Å². The summed E-state index contributed by atoms with van der Waals surface area (Å²) in [4.78, 5) is 51.4. The van der Waals surface area contributed by atoms with Crippen LogP contribution < -0.4 is 37.3 Å². The number of nitrogens with one attached hydrogen (secondary N) is 3. The fraction of sp³-hybridized carbons (Fsp3) is 0.227. The topological polar surface area (TPSA) is 389 Å². The van der Waals surface area contributed by atoms with Gasteiger partial charge in [0.1, 0.15) is 60.2 Å². The number of pyridine rings is 6. The molecule has 512 valence electrons. The molecule has 0 bridgehead atoms. The average Bonchev–Trinajstić information content (AvgIpc) is 0.807. The number of carbonyl (C=O) groups excluding carboxylic acids is 1. The molecule has 11 N–H and O–H groups in total. The van der Waals surface area contributed by atoms with Gasteiger partial charge in [-0.25, -0.2) is 51.1 Å².